The van der Waals surface area contributed by atoms with Crippen LogP contribution in [0, 0.1) is 5.92 Å². The van der Waals surface area contributed by atoms with Gasteiger partial charge in [-0.3, -0.25) is 0 Å². The van der Waals surface area contributed by atoms with Gasteiger partial charge in [0.2, 0.25) is 0 Å². The van der Waals surface area contributed by atoms with Crippen molar-refractivity contribution in [1.82, 2.24) is 4.90 Å². The van der Waals surface area contributed by atoms with E-state index in [1.807, 2.05) is 48.5 Å². The Morgan fingerprint density at radius 3 is 1.50 bits per heavy atom. The van der Waals surface area contributed by atoms with Crippen LogP contribution in [-0.4, -0.2) is 29.2 Å². The molecule has 0 aromatic heterocycles. The maximum Gasteiger partial charge on any atom is 0.410 e. The fourth-order valence-electron chi connectivity index (χ4n) is 1.37. The van der Waals surface area contributed by atoms with Crippen LogP contribution in [0.25, 0.3) is 0 Å². The number of ether oxygens (including phenoxy) is 1. The summed E-state index contributed by atoms with van der Waals surface area (Å²) in [5.41, 5.74) is 0. The van der Waals surface area contributed by atoms with Crippen molar-refractivity contribution in [2.75, 3.05) is 0 Å². The Morgan fingerprint density at radius 1 is 0.944 bits per heavy atom. The van der Waals surface area contributed by atoms with Gasteiger partial charge in [-0.2, -0.15) is 0 Å². The average molecular weight is 259 g/mol. The van der Waals surface area contributed by atoms with Gasteiger partial charge in [0.15, 0.2) is 0 Å². The third-order valence-electron chi connectivity index (χ3n) is 2.55. The molecule has 110 valence electrons. The molecule has 0 aliphatic rings. The SMILES string of the molecule is CC(C)C(C)OC(=O)N(C(C)C)C(C)C.CCC. The van der Waals surface area contributed by atoms with Gasteiger partial charge in [0, 0.05) is 12.1 Å². The number of hydrogen-bond donors (Lipinski definition) is 0. The number of amides is 1. The molecule has 0 bridgehead atoms. The van der Waals surface area contributed by atoms with Crippen LogP contribution in [0.4, 0.5) is 4.79 Å². The van der Waals surface area contributed by atoms with Crippen molar-refractivity contribution in [2.24, 2.45) is 5.92 Å². The van der Waals surface area contributed by atoms with Gasteiger partial charge in [-0.15, -0.1) is 0 Å². The van der Waals surface area contributed by atoms with E-state index in [9.17, 15) is 4.79 Å². The van der Waals surface area contributed by atoms with E-state index in [0.29, 0.717) is 5.92 Å². The normalized spacial score (nSPS) is 12.2. The summed E-state index contributed by atoms with van der Waals surface area (Å²) in [6, 6.07) is 0.355. The Labute approximate surface area is 114 Å². The fraction of sp³-hybridized carbons (Fsp3) is 0.933. The topological polar surface area (TPSA) is 29.5 Å². The van der Waals surface area contributed by atoms with Crippen LogP contribution < -0.4 is 0 Å². The van der Waals surface area contributed by atoms with Crippen molar-refractivity contribution in [3.8, 4) is 0 Å². The fourth-order valence-corrected chi connectivity index (χ4v) is 1.37. The van der Waals surface area contributed by atoms with Crippen molar-refractivity contribution in [3.63, 3.8) is 0 Å². The average Bonchev–Trinajstić information content (AvgIpc) is 2.16. The summed E-state index contributed by atoms with van der Waals surface area (Å²) in [5.74, 6) is 0.357. The maximum atomic E-state index is 11.8. The molecule has 0 aliphatic heterocycles. The lowest BCUT2D eigenvalue weighted by atomic mass is 10.1. The minimum Gasteiger partial charge on any atom is -0.446 e. The van der Waals surface area contributed by atoms with Crippen LogP contribution in [0.15, 0.2) is 0 Å². The molecule has 0 saturated heterocycles. The Bertz CT molecular complexity index is 205. The summed E-state index contributed by atoms with van der Waals surface area (Å²) in [5, 5.41) is 0. The van der Waals surface area contributed by atoms with Crippen LogP contribution in [0.5, 0.6) is 0 Å². The molecule has 0 spiro atoms. The molecule has 1 amide bonds. The monoisotopic (exact) mass is 259 g/mol. The zero-order valence-electron chi connectivity index (χ0n) is 13.8. The molecule has 0 aromatic carbocycles. The highest BCUT2D eigenvalue weighted by atomic mass is 16.6. The van der Waals surface area contributed by atoms with E-state index >= 15 is 0 Å². The molecule has 0 saturated carbocycles. The summed E-state index contributed by atoms with van der Waals surface area (Å²) in [6.45, 7) is 18.3. The van der Waals surface area contributed by atoms with Crippen molar-refractivity contribution in [1.29, 1.82) is 0 Å². The Balaban J connectivity index is 0. The minimum atomic E-state index is -0.207. The summed E-state index contributed by atoms with van der Waals surface area (Å²) in [6.07, 6.45) is 1.01. The Kier molecular flexibility index (Phi) is 11.1. The number of nitrogens with zero attached hydrogens (tertiary/aromatic N) is 1. The van der Waals surface area contributed by atoms with E-state index in [1.165, 1.54) is 6.42 Å². The van der Waals surface area contributed by atoms with Gasteiger partial charge < -0.3 is 9.64 Å². The molecule has 1 atom stereocenters. The summed E-state index contributed by atoms with van der Waals surface area (Å²) in [4.78, 5) is 13.6. The first-order valence-electron chi connectivity index (χ1n) is 7.17. The van der Waals surface area contributed by atoms with Crippen LogP contribution in [0.2, 0.25) is 0 Å². The number of rotatable bonds is 4. The molecule has 3 nitrogen and oxygen atoms in total. The lowest BCUT2D eigenvalue weighted by Crippen LogP contribution is -2.43. The third-order valence-corrected chi connectivity index (χ3v) is 2.55. The molecular formula is C15H33NO2. The maximum absolute atomic E-state index is 11.8. The lowest BCUT2D eigenvalue weighted by molar-refractivity contribution is 0.0354. The van der Waals surface area contributed by atoms with Crippen molar-refractivity contribution >= 4 is 6.09 Å². The number of carbonyl (C=O) groups excluding carboxylic acids is 1. The summed E-state index contributed by atoms with van der Waals surface area (Å²) in [7, 11) is 0. The summed E-state index contributed by atoms with van der Waals surface area (Å²) < 4.78 is 5.38. The van der Waals surface area contributed by atoms with Gasteiger partial charge in [0.05, 0.1) is 0 Å². The highest BCUT2D eigenvalue weighted by Crippen LogP contribution is 2.12. The Morgan fingerprint density at radius 2 is 1.28 bits per heavy atom. The lowest BCUT2D eigenvalue weighted by Gasteiger charge is -2.31. The standard InChI is InChI=1S/C12H25NO2.C3H8/c1-8(2)11(7)15-12(14)13(9(3)4)10(5)6;1-3-2/h8-11H,1-7H3;3H2,1-2H3. The number of hydrogen-bond acceptors (Lipinski definition) is 2. The molecule has 0 aromatic rings. The minimum absolute atomic E-state index is 0.0301. The van der Waals surface area contributed by atoms with Crippen LogP contribution in [0.1, 0.15) is 68.7 Å². The van der Waals surface area contributed by atoms with E-state index in [0.717, 1.165) is 0 Å². The molecule has 0 aliphatic carbocycles. The second kappa shape index (κ2) is 10.2. The van der Waals surface area contributed by atoms with Crippen molar-refractivity contribution < 1.29 is 9.53 Å². The molecule has 0 rings (SSSR count). The smallest absolute Gasteiger partial charge is 0.410 e. The molecule has 0 N–H and O–H groups in total. The van der Waals surface area contributed by atoms with E-state index in [4.69, 9.17) is 4.74 Å². The van der Waals surface area contributed by atoms with Crippen LogP contribution >= 0.6 is 0 Å². The summed E-state index contributed by atoms with van der Waals surface area (Å²) >= 11 is 0. The van der Waals surface area contributed by atoms with Crippen LogP contribution in [0.3, 0.4) is 0 Å². The molecule has 18 heavy (non-hydrogen) atoms. The predicted molar refractivity (Wildman–Crippen MR) is 78.9 cm³/mol. The quantitative estimate of drug-likeness (QED) is 0.732. The highest BCUT2D eigenvalue weighted by Gasteiger charge is 2.23. The first-order chi connectivity index (χ1) is 8.18. The van der Waals surface area contributed by atoms with Crippen molar-refractivity contribution in [2.45, 2.75) is 86.9 Å². The van der Waals surface area contributed by atoms with Gasteiger partial charge in [0.25, 0.3) is 0 Å². The number of carbonyl (C=O) groups is 1. The molecule has 1 unspecified atom stereocenters. The second-order valence-corrected chi connectivity index (χ2v) is 5.63. The molecule has 0 radical (unpaired) electrons. The first-order valence-corrected chi connectivity index (χ1v) is 7.17. The van der Waals surface area contributed by atoms with Gasteiger partial charge in [-0.1, -0.05) is 34.1 Å². The van der Waals surface area contributed by atoms with Gasteiger partial charge in [-0.25, -0.2) is 4.79 Å². The largest absolute Gasteiger partial charge is 0.446 e. The third kappa shape index (κ3) is 8.37. The van der Waals surface area contributed by atoms with Gasteiger partial charge in [0.1, 0.15) is 6.10 Å². The van der Waals surface area contributed by atoms with E-state index in [1.54, 1.807) is 4.90 Å². The molecule has 3 heteroatoms. The Hall–Kier alpha value is -0.730. The van der Waals surface area contributed by atoms with E-state index < -0.39 is 0 Å². The second-order valence-electron chi connectivity index (χ2n) is 5.63. The van der Waals surface area contributed by atoms with E-state index in [2.05, 4.69) is 13.8 Å². The molecule has 0 heterocycles. The zero-order chi connectivity index (χ0) is 14.9. The zero-order valence-corrected chi connectivity index (χ0v) is 13.8. The first kappa shape index (κ1) is 19.6. The molecular weight excluding hydrogens is 226 g/mol. The van der Waals surface area contributed by atoms with E-state index in [-0.39, 0.29) is 24.3 Å². The van der Waals surface area contributed by atoms with Gasteiger partial charge >= 0.3 is 6.09 Å². The highest BCUT2D eigenvalue weighted by molar-refractivity contribution is 5.68. The van der Waals surface area contributed by atoms with Crippen molar-refractivity contribution in [3.05, 3.63) is 0 Å². The molecule has 0 fully saturated rings. The van der Waals surface area contributed by atoms with Crippen LogP contribution in [-0.2, 0) is 4.74 Å². The van der Waals surface area contributed by atoms with Gasteiger partial charge in [-0.05, 0) is 40.5 Å². The predicted octanol–water partition coefficient (Wildman–Crippen LogP) is 4.70.